The Morgan fingerprint density at radius 2 is 1.56 bits per heavy atom. The molecule has 162 valence electrons. The second-order valence-electron chi connectivity index (χ2n) is 8.16. The highest BCUT2D eigenvalue weighted by molar-refractivity contribution is 5.95. The molecule has 0 atom stereocenters. The lowest BCUT2D eigenvalue weighted by molar-refractivity contribution is -0.233. The molecule has 1 aliphatic heterocycles. The summed E-state index contributed by atoms with van der Waals surface area (Å²) in [4.78, 5) is 27.0. The smallest absolute Gasteiger partial charge is 0.320 e. The number of fused-ring (bicyclic) bond motifs is 4. The molecule has 1 heterocycles. The summed E-state index contributed by atoms with van der Waals surface area (Å²) in [5, 5.41) is 2.17. The molecule has 1 aliphatic carbocycles. The fraction of sp³-hybridized carbons (Fsp3) is 0.259. The van der Waals surface area contributed by atoms with Crippen LogP contribution < -0.4 is 4.90 Å². The van der Waals surface area contributed by atoms with Gasteiger partial charge in [0.25, 0.3) is 0 Å². The molecule has 0 radical (unpaired) electrons. The van der Waals surface area contributed by atoms with Gasteiger partial charge in [0.2, 0.25) is 0 Å². The van der Waals surface area contributed by atoms with Crippen LogP contribution in [0, 0.1) is 0 Å². The maximum absolute atomic E-state index is 12.3. The summed E-state index contributed by atoms with van der Waals surface area (Å²) in [5.41, 5.74) is 4.62. The number of esters is 2. The SMILES string of the molecule is CCN(CC)c1ccc(C=C2Cc3c(ccc4ccccc34)C23OC(=O)CC(=O)O3)cc1. The first-order chi connectivity index (χ1) is 15.5. The van der Waals surface area contributed by atoms with Crippen molar-refractivity contribution in [1.82, 2.24) is 0 Å². The molecule has 5 nitrogen and oxygen atoms in total. The minimum Gasteiger partial charge on any atom is -0.413 e. The van der Waals surface area contributed by atoms with Crippen LogP contribution in [0.4, 0.5) is 5.69 Å². The maximum Gasteiger partial charge on any atom is 0.320 e. The predicted molar refractivity (Wildman–Crippen MR) is 124 cm³/mol. The maximum atomic E-state index is 12.3. The van der Waals surface area contributed by atoms with E-state index in [1.54, 1.807) is 0 Å². The average molecular weight is 428 g/mol. The van der Waals surface area contributed by atoms with E-state index in [1.165, 1.54) is 0 Å². The first-order valence-corrected chi connectivity index (χ1v) is 11.0. The monoisotopic (exact) mass is 427 g/mol. The third kappa shape index (κ3) is 3.25. The molecule has 2 aliphatic rings. The first-order valence-electron chi connectivity index (χ1n) is 11.0. The van der Waals surface area contributed by atoms with Crippen molar-refractivity contribution >= 4 is 34.5 Å². The Balaban J connectivity index is 1.63. The first kappa shape index (κ1) is 20.3. The van der Waals surface area contributed by atoms with Gasteiger partial charge in [-0.15, -0.1) is 0 Å². The third-order valence-electron chi connectivity index (χ3n) is 6.35. The van der Waals surface area contributed by atoms with Gasteiger partial charge in [-0.2, -0.15) is 0 Å². The molecule has 32 heavy (non-hydrogen) atoms. The van der Waals surface area contributed by atoms with Gasteiger partial charge in [-0.1, -0.05) is 42.5 Å². The quantitative estimate of drug-likeness (QED) is 0.435. The molecule has 3 aromatic carbocycles. The van der Waals surface area contributed by atoms with Crippen LogP contribution in [0.5, 0.6) is 0 Å². The van der Waals surface area contributed by atoms with Crippen molar-refractivity contribution < 1.29 is 19.1 Å². The van der Waals surface area contributed by atoms with Gasteiger partial charge in [-0.3, -0.25) is 9.59 Å². The van der Waals surface area contributed by atoms with Crippen LogP contribution in [0.2, 0.25) is 0 Å². The minimum absolute atomic E-state index is 0.365. The molecular weight excluding hydrogens is 402 g/mol. The summed E-state index contributed by atoms with van der Waals surface area (Å²) >= 11 is 0. The Morgan fingerprint density at radius 3 is 2.25 bits per heavy atom. The van der Waals surface area contributed by atoms with Crippen LogP contribution in [-0.2, 0) is 31.3 Å². The van der Waals surface area contributed by atoms with E-state index >= 15 is 0 Å². The summed E-state index contributed by atoms with van der Waals surface area (Å²) in [6.45, 7) is 6.15. The topological polar surface area (TPSA) is 55.8 Å². The molecule has 1 spiro atoms. The zero-order chi connectivity index (χ0) is 22.3. The fourth-order valence-corrected chi connectivity index (χ4v) is 4.80. The molecule has 0 unspecified atom stereocenters. The lowest BCUT2D eigenvalue weighted by Crippen LogP contribution is -2.42. The van der Waals surface area contributed by atoms with Gasteiger partial charge in [-0.05, 0) is 60.0 Å². The van der Waals surface area contributed by atoms with Gasteiger partial charge in [0.05, 0.1) is 0 Å². The molecule has 0 saturated carbocycles. The van der Waals surface area contributed by atoms with Crippen molar-refractivity contribution in [2.24, 2.45) is 0 Å². The zero-order valence-electron chi connectivity index (χ0n) is 18.3. The molecular formula is C27H25NO4. The Bertz CT molecular complexity index is 1220. The molecule has 0 amide bonds. The van der Waals surface area contributed by atoms with Crippen LogP contribution in [0.25, 0.3) is 16.8 Å². The summed E-state index contributed by atoms with van der Waals surface area (Å²) in [6.07, 6.45) is 2.15. The number of hydrogen-bond acceptors (Lipinski definition) is 5. The number of anilines is 1. The number of carbonyl (C=O) groups excluding carboxylic acids is 2. The molecule has 0 aromatic heterocycles. The minimum atomic E-state index is -1.50. The molecule has 5 rings (SSSR count). The van der Waals surface area contributed by atoms with Crippen molar-refractivity contribution in [3.8, 4) is 0 Å². The largest absolute Gasteiger partial charge is 0.413 e. The summed E-state index contributed by atoms with van der Waals surface area (Å²) < 4.78 is 11.6. The van der Waals surface area contributed by atoms with E-state index < -0.39 is 17.7 Å². The van der Waals surface area contributed by atoms with Gasteiger partial charge in [-0.25, -0.2) is 0 Å². The molecule has 5 heteroatoms. The van der Waals surface area contributed by atoms with Gasteiger partial charge in [0.1, 0.15) is 6.42 Å². The highest BCUT2D eigenvalue weighted by atomic mass is 16.7. The predicted octanol–water partition coefficient (Wildman–Crippen LogP) is 4.97. The zero-order valence-corrected chi connectivity index (χ0v) is 18.3. The average Bonchev–Trinajstić information content (AvgIpc) is 3.07. The number of carbonyl (C=O) groups is 2. The normalized spacial score (nSPS) is 18.0. The number of benzene rings is 3. The van der Waals surface area contributed by atoms with Crippen LogP contribution in [0.1, 0.15) is 37.0 Å². The highest BCUT2D eigenvalue weighted by Crippen LogP contribution is 2.49. The summed E-state index contributed by atoms with van der Waals surface area (Å²) in [6, 6.07) is 20.2. The van der Waals surface area contributed by atoms with E-state index in [4.69, 9.17) is 9.47 Å². The summed E-state index contributed by atoms with van der Waals surface area (Å²) in [7, 11) is 0. The van der Waals surface area contributed by atoms with Crippen molar-refractivity contribution in [2.45, 2.75) is 32.5 Å². The van der Waals surface area contributed by atoms with Crippen molar-refractivity contribution in [3.63, 3.8) is 0 Å². The molecule has 0 bridgehead atoms. The van der Waals surface area contributed by atoms with Crippen molar-refractivity contribution in [1.29, 1.82) is 0 Å². The Kier molecular flexibility index (Phi) is 4.97. The Hall–Kier alpha value is -3.60. The van der Waals surface area contributed by atoms with Crippen molar-refractivity contribution in [3.05, 3.63) is 82.9 Å². The second-order valence-corrected chi connectivity index (χ2v) is 8.16. The molecule has 1 saturated heterocycles. The van der Waals surface area contributed by atoms with E-state index in [-0.39, 0.29) is 6.42 Å². The van der Waals surface area contributed by atoms with Gasteiger partial charge >= 0.3 is 17.7 Å². The Morgan fingerprint density at radius 1 is 0.875 bits per heavy atom. The van der Waals surface area contributed by atoms with Crippen LogP contribution in [0.3, 0.4) is 0 Å². The Labute approximate surface area is 187 Å². The van der Waals surface area contributed by atoms with Crippen LogP contribution in [-0.4, -0.2) is 25.0 Å². The van der Waals surface area contributed by atoms with E-state index in [0.717, 1.165) is 51.8 Å². The van der Waals surface area contributed by atoms with Crippen molar-refractivity contribution in [2.75, 3.05) is 18.0 Å². The number of hydrogen-bond donors (Lipinski definition) is 0. The van der Waals surface area contributed by atoms with E-state index in [0.29, 0.717) is 6.42 Å². The van der Waals surface area contributed by atoms with Gasteiger partial charge in [0, 0.05) is 36.3 Å². The fourth-order valence-electron chi connectivity index (χ4n) is 4.80. The number of nitrogens with zero attached hydrogens (tertiary/aromatic N) is 1. The standard InChI is InChI=1S/C27H25NO4/c1-3-28(4-2)21-12-9-18(10-13-21)15-20-16-23-22-8-6-5-7-19(22)11-14-24(23)27(20)31-25(29)17-26(30)32-27/h5-15H,3-4,16-17H2,1-2H3. The summed E-state index contributed by atoms with van der Waals surface area (Å²) in [5.74, 6) is -2.63. The lowest BCUT2D eigenvalue weighted by Gasteiger charge is -2.34. The van der Waals surface area contributed by atoms with Crippen LogP contribution >= 0.6 is 0 Å². The molecule has 3 aromatic rings. The van der Waals surface area contributed by atoms with Crippen LogP contribution in [0.15, 0.2) is 66.2 Å². The molecule has 0 N–H and O–H groups in total. The van der Waals surface area contributed by atoms with E-state index in [1.807, 2.05) is 42.5 Å². The molecule has 1 fully saturated rings. The highest BCUT2D eigenvalue weighted by Gasteiger charge is 2.53. The number of rotatable bonds is 4. The van der Waals surface area contributed by atoms with Gasteiger partial charge < -0.3 is 14.4 Å². The third-order valence-corrected chi connectivity index (χ3v) is 6.35. The lowest BCUT2D eigenvalue weighted by atomic mass is 9.98. The second kappa shape index (κ2) is 7.83. The van der Waals surface area contributed by atoms with E-state index in [9.17, 15) is 9.59 Å². The van der Waals surface area contributed by atoms with Gasteiger partial charge in [0.15, 0.2) is 0 Å². The van der Waals surface area contributed by atoms with E-state index in [2.05, 4.69) is 43.0 Å². The number of ether oxygens (including phenoxy) is 2.